The number of carbonyl (C=O) groups excluding carboxylic acids is 1. The Balaban J connectivity index is 2.69. The fraction of sp³-hybridized carbons (Fsp3) is 0.529. The lowest BCUT2D eigenvalue weighted by atomic mass is 10.2. The van der Waals surface area contributed by atoms with Crippen LogP contribution >= 0.6 is 0 Å². The average molecular weight is 322 g/mol. The molecule has 1 N–H and O–H groups in total. The van der Waals surface area contributed by atoms with Gasteiger partial charge in [0.25, 0.3) is 11.9 Å². The molecule has 0 saturated carbocycles. The summed E-state index contributed by atoms with van der Waals surface area (Å²) < 4.78 is 15.8. The van der Waals surface area contributed by atoms with Crippen molar-refractivity contribution in [2.45, 2.75) is 33.2 Å². The van der Waals surface area contributed by atoms with Gasteiger partial charge in [-0.25, -0.2) is 4.99 Å². The van der Waals surface area contributed by atoms with Crippen molar-refractivity contribution < 1.29 is 19.0 Å². The van der Waals surface area contributed by atoms with Crippen molar-refractivity contribution in [3.63, 3.8) is 0 Å². The molecule has 23 heavy (non-hydrogen) atoms. The van der Waals surface area contributed by atoms with E-state index in [1.165, 1.54) is 0 Å². The van der Waals surface area contributed by atoms with Crippen molar-refractivity contribution in [3.8, 4) is 5.75 Å². The zero-order valence-electron chi connectivity index (χ0n) is 14.3. The molecule has 0 heterocycles. The third kappa shape index (κ3) is 7.15. The van der Waals surface area contributed by atoms with Gasteiger partial charge in [-0.3, -0.25) is 10.1 Å². The van der Waals surface area contributed by atoms with Gasteiger partial charge in [-0.1, -0.05) is 6.92 Å². The Hall–Kier alpha value is -2.08. The molecule has 0 fully saturated rings. The molecule has 0 aromatic heterocycles. The molecule has 0 aliphatic carbocycles. The Labute approximate surface area is 137 Å². The smallest absolute Gasteiger partial charge is 0.292 e. The monoisotopic (exact) mass is 322 g/mol. The van der Waals surface area contributed by atoms with Gasteiger partial charge in [0, 0.05) is 12.2 Å². The summed E-state index contributed by atoms with van der Waals surface area (Å²) in [5.74, 6) is 0.425. The number of hydrogen-bond acceptors (Lipinski definition) is 5. The van der Waals surface area contributed by atoms with Crippen LogP contribution < -0.4 is 10.1 Å². The summed E-state index contributed by atoms with van der Waals surface area (Å²) in [4.78, 5) is 16.6. The maximum Gasteiger partial charge on any atom is 0.292 e. The van der Waals surface area contributed by atoms with E-state index in [0.717, 1.165) is 6.42 Å². The second-order valence-corrected chi connectivity index (χ2v) is 4.92. The molecule has 1 amide bonds. The Bertz CT molecular complexity index is 500. The van der Waals surface area contributed by atoms with Gasteiger partial charge in [0.2, 0.25) is 0 Å². The number of ether oxygens (including phenoxy) is 3. The predicted octanol–water partition coefficient (Wildman–Crippen LogP) is 2.63. The summed E-state index contributed by atoms with van der Waals surface area (Å²) in [6, 6.07) is 7.13. The van der Waals surface area contributed by atoms with Crippen LogP contribution in [0.25, 0.3) is 0 Å². The minimum absolute atomic E-state index is 0.0632. The van der Waals surface area contributed by atoms with Crippen LogP contribution in [0, 0.1) is 0 Å². The quantitative estimate of drug-likeness (QED) is 0.454. The maximum atomic E-state index is 12.3. The van der Waals surface area contributed by atoms with Crippen LogP contribution in [-0.2, 0) is 9.47 Å². The Morgan fingerprint density at radius 2 is 1.91 bits per heavy atom. The largest absolute Gasteiger partial charge is 0.497 e. The summed E-state index contributed by atoms with van der Waals surface area (Å²) in [5.41, 5.74) is 0.510. The second kappa shape index (κ2) is 10.6. The van der Waals surface area contributed by atoms with Crippen molar-refractivity contribution in [1.82, 2.24) is 5.32 Å². The van der Waals surface area contributed by atoms with Crippen LogP contribution in [0.5, 0.6) is 5.75 Å². The number of nitrogens with zero attached hydrogens (tertiary/aromatic N) is 1. The van der Waals surface area contributed by atoms with Crippen LogP contribution in [0.1, 0.15) is 37.6 Å². The van der Waals surface area contributed by atoms with Crippen molar-refractivity contribution in [3.05, 3.63) is 29.8 Å². The summed E-state index contributed by atoms with van der Waals surface area (Å²) in [6.07, 6.45) is 0.858. The summed E-state index contributed by atoms with van der Waals surface area (Å²) in [7, 11) is 1.58. The average Bonchev–Trinajstić information content (AvgIpc) is 2.58. The molecule has 6 nitrogen and oxygen atoms in total. The highest BCUT2D eigenvalue weighted by atomic mass is 16.5. The topological polar surface area (TPSA) is 69.2 Å². The molecule has 0 unspecified atom stereocenters. The number of hydrogen-bond donors (Lipinski definition) is 1. The molecule has 1 rings (SSSR count). The van der Waals surface area contributed by atoms with Crippen LogP contribution in [0.3, 0.4) is 0 Å². The number of aliphatic imine (C=N–C) groups is 1. The zero-order chi connectivity index (χ0) is 17.1. The van der Waals surface area contributed by atoms with Gasteiger partial charge in [-0.05, 0) is 44.5 Å². The normalized spacial score (nSPS) is 12.6. The molecule has 1 atom stereocenters. The zero-order valence-corrected chi connectivity index (χ0v) is 14.3. The van der Waals surface area contributed by atoms with Gasteiger partial charge in [0.15, 0.2) is 0 Å². The van der Waals surface area contributed by atoms with Crippen molar-refractivity contribution >= 4 is 11.9 Å². The van der Waals surface area contributed by atoms with Crippen molar-refractivity contribution in [2.75, 3.05) is 26.9 Å². The van der Waals surface area contributed by atoms with Crippen LogP contribution in [-0.4, -0.2) is 44.9 Å². The Morgan fingerprint density at radius 1 is 1.22 bits per heavy atom. The predicted molar refractivity (Wildman–Crippen MR) is 90.1 cm³/mol. The van der Waals surface area contributed by atoms with Crippen molar-refractivity contribution in [1.29, 1.82) is 0 Å². The van der Waals surface area contributed by atoms with E-state index in [2.05, 4.69) is 10.3 Å². The molecule has 1 aromatic rings. The first kappa shape index (κ1) is 19.0. The van der Waals surface area contributed by atoms with E-state index in [0.29, 0.717) is 31.1 Å². The minimum atomic E-state index is -0.272. The number of rotatable bonds is 8. The lowest BCUT2D eigenvalue weighted by molar-refractivity contribution is 0.0921. The molecule has 128 valence electrons. The van der Waals surface area contributed by atoms with Crippen LogP contribution in [0.15, 0.2) is 29.3 Å². The van der Waals surface area contributed by atoms with E-state index in [9.17, 15) is 4.79 Å². The lowest BCUT2D eigenvalue weighted by Gasteiger charge is -2.13. The van der Waals surface area contributed by atoms with Gasteiger partial charge in [-0.15, -0.1) is 0 Å². The van der Waals surface area contributed by atoms with E-state index < -0.39 is 0 Å². The first-order chi connectivity index (χ1) is 11.1. The number of methoxy groups -OCH3 is 1. The highest BCUT2D eigenvalue weighted by molar-refractivity contribution is 6.04. The summed E-state index contributed by atoms with van der Waals surface area (Å²) in [5, 5.41) is 2.71. The summed E-state index contributed by atoms with van der Waals surface area (Å²) in [6.45, 7) is 7.32. The third-order valence-corrected chi connectivity index (χ3v) is 3.17. The molecule has 0 saturated heterocycles. The number of amides is 1. The first-order valence-electron chi connectivity index (χ1n) is 7.84. The number of benzene rings is 1. The third-order valence-electron chi connectivity index (χ3n) is 3.17. The molecule has 6 heteroatoms. The maximum absolute atomic E-state index is 12.3. The van der Waals surface area contributed by atoms with Gasteiger partial charge in [-0.2, -0.15) is 0 Å². The molecule has 0 bridgehead atoms. The molecular formula is C17H26N2O4. The molecule has 0 aliphatic heterocycles. The van der Waals surface area contributed by atoms with E-state index in [1.54, 1.807) is 31.4 Å². The van der Waals surface area contributed by atoms with Gasteiger partial charge < -0.3 is 14.2 Å². The molecule has 0 aliphatic rings. The van der Waals surface area contributed by atoms with Gasteiger partial charge in [0.05, 0.1) is 19.8 Å². The fourth-order valence-corrected chi connectivity index (χ4v) is 1.65. The highest BCUT2D eigenvalue weighted by Gasteiger charge is 2.11. The van der Waals surface area contributed by atoms with Gasteiger partial charge >= 0.3 is 0 Å². The highest BCUT2D eigenvalue weighted by Crippen LogP contribution is 2.11. The lowest BCUT2D eigenvalue weighted by Crippen LogP contribution is -2.34. The Morgan fingerprint density at radius 3 is 2.48 bits per heavy atom. The van der Waals surface area contributed by atoms with E-state index in [1.807, 2.05) is 20.8 Å². The molecule has 1 aromatic carbocycles. The SMILES string of the molecule is CCOCCOC(=N[C@@H](C)CC)NC(=O)c1ccc(OC)cc1. The van der Waals surface area contributed by atoms with E-state index in [-0.39, 0.29) is 18.0 Å². The van der Waals surface area contributed by atoms with Crippen LogP contribution in [0.4, 0.5) is 0 Å². The van der Waals surface area contributed by atoms with E-state index >= 15 is 0 Å². The second-order valence-electron chi connectivity index (χ2n) is 4.92. The first-order valence-corrected chi connectivity index (χ1v) is 7.84. The summed E-state index contributed by atoms with van der Waals surface area (Å²) >= 11 is 0. The minimum Gasteiger partial charge on any atom is -0.497 e. The van der Waals surface area contributed by atoms with Gasteiger partial charge in [0.1, 0.15) is 12.4 Å². The van der Waals surface area contributed by atoms with Crippen molar-refractivity contribution in [2.24, 2.45) is 4.99 Å². The van der Waals surface area contributed by atoms with E-state index in [4.69, 9.17) is 14.2 Å². The number of carbonyl (C=O) groups is 1. The molecular weight excluding hydrogens is 296 g/mol. The molecule has 0 radical (unpaired) electrons. The number of amidine groups is 1. The Kier molecular flexibility index (Phi) is 8.75. The molecule has 0 spiro atoms. The number of nitrogens with one attached hydrogen (secondary N) is 1. The van der Waals surface area contributed by atoms with Crippen LogP contribution in [0.2, 0.25) is 0 Å². The standard InChI is InChI=1S/C17H26N2O4/c1-5-13(3)18-17(23-12-11-22-6-2)19-16(20)14-7-9-15(21-4)10-8-14/h7-10,13H,5-6,11-12H2,1-4H3,(H,18,19,20)/t13-/m0/s1. The fourth-order valence-electron chi connectivity index (χ4n) is 1.65.